The van der Waals surface area contributed by atoms with Gasteiger partial charge in [-0.15, -0.1) is 0 Å². The normalized spacial score (nSPS) is 12.9. The summed E-state index contributed by atoms with van der Waals surface area (Å²) in [4.78, 5) is 24.6. The molecular weight excluding hydrogens is 398 g/mol. The standard InChI is InChI=1S/C19H21N3O6S/c1-12(2)22(3)29(25,26)15-6-4-5-13(9-15)18(23)20-21-19(24)14-7-8-16-17(10-14)28-11-27-16/h4-10,12H,11H2,1-3H3,(H,20,23)(H,21,24). The number of hydrazine groups is 1. The third kappa shape index (κ3) is 4.33. The minimum absolute atomic E-state index is 0.0107. The molecule has 0 aliphatic carbocycles. The molecule has 2 aromatic carbocycles. The zero-order valence-corrected chi connectivity index (χ0v) is 16.9. The Labute approximate surface area is 168 Å². The van der Waals surface area contributed by atoms with Gasteiger partial charge < -0.3 is 9.47 Å². The van der Waals surface area contributed by atoms with E-state index in [9.17, 15) is 18.0 Å². The van der Waals surface area contributed by atoms with Crippen LogP contribution in [0, 0.1) is 0 Å². The first-order valence-electron chi connectivity index (χ1n) is 8.78. The monoisotopic (exact) mass is 419 g/mol. The van der Waals surface area contributed by atoms with Gasteiger partial charge in [0.25, 0.3) is 11.8 Å². The van der Waals surface area contributed by atoms with Gasteiger partial charge in [0.1, 0.15) is 0 Å². The van der Waals surface area contributed by atoms with E-state index in [0.29, 0.717) is 11.5 Å². The van der Waals surface area contributed by atoms with Gasteiger partial charge in [-0.1, -0.05) is 6.07 Å². The van der Waals surface area contributed by atoms with Crippen LogP contribution in [0.4, 0.5) is 0 Å². The summed E-state index contributed by atoms with van der Waals surface area (Å²) in [7, 11) is -2.26. The molecule has 0 spiro atoms. The zero-order chi connectivity index (χ0) is 21.2. The van der Waals surface area contributed by atoms with Crippen molar-refractivity contribution in [3.8, 4) is 11.5 Å². The smallest absolute Gasteiger partial charge is 0.269 e. The van der Waals surface area contributed by atoms with Crippen molar-refractivity contribution in [2.45, 2.75) is 24.8 Å². The van der Waals surface area contributed by atoms with Crippen LogP contribution in [0.2, 0.25) is 0 Å². The van der Waals surface area contributed by atoms with E-state index in [4.69, 9.17) is 9.47 Å². The summed E-state index contributed by atoms with van der Waals surface area (Å²) in [5.74, 6) is -0.227. The summed E-state index contributed by atoms with van der Waals surface area (Å²) in [6.07, 6.45) is 0. The number of nitrogens with one attached hydrogen (secondary N) is 2. The van der Waals surface area contributed by atoms with Gasteiger partial charge in [0.15, 0.2) is 11.5 Å². The summed E-state index contributed by atoms with van der Waals surface area (Å²) < 4.78 is 36.8. The highest BCUT2D eigenvalue weighted by molar-refractivity contribution is 7.89. The van der Waals surface area contributed by atoms with E-state index in [1.807, 2.05) is 0 Å². The van der Waals surface area contributed by atoms with E-state index >= 15 is 0 Å². The fourth-order valence-corrected chi connectivity index (χ4v) is 3.95. The molecule has 0 radical (unpaired) electrons. The lowest BCUT2D eigenvalue weighted by molar-refractivity contribution is 0.0846. The van der Waals surface area contributed by atoms with Gasteiger partial charge in [-0.2, -0.15) is 4.31 Å². The molecule has 2 aromatic rings. The molecule has 0 saturated carbocycles. The molecule has 0 aromatic heterocycles. The molecule has 2 amide bonds. The maximum Gasteiger partial charge on any atom is 0.269 e. The van der Waals surface area contributed by atoms with Gasteiger partial charge in [-0.25, -0.2) is 8.42 Å². The Kier molecular flexibility index (Phi) is 5.76. The average Bonchev–Trinajstić information content (AvgIpc) is 3.18. The molecule has 1 aliphatic heterocycles. The molecule has 1 heterocycles. The van der Waals surface area contributed by atoms with Crippen molar-refractivity contribution >= 4 is 21.8 Å². The quantitative estimate of drug-likeness (QED) is 0.711. The van der Waals surface area contributed by atoms with Gasteiger partial charge in [-0.3, -0.25) is 20.4 Å². The van der Waals surface area contributed by atoms with Crippen LogP contribution >= 0.6 is 0 Å². The number of sulfonamides is 1. The molecule has 2 N–H and O–H groups in total. The molecule has 29 heavy (non-hydrogen) atoms. The second kappa shape index (κ2) is 8.10. The van der Waals surface area contributed by atoms with Crippen molar-refractivity contribution in [1.29, 1.82) is 0 Å². The number of fused-ring (bicyclic) bond motifs is 1. The maximum absolute atomic E-state index is 12.6. The summed E-state index contributed by atoms with van der Waals surface area (Å²) in [6, 6.07) is 9.98. The average molecular weight is 419 g/mol. The Morgan fingerprint density at radius 3 is 2.24 bits per heavy atom. The second-order valence-electron chi connectivity index (χ2n) is 6.62. The van der Waals surface area contributed by atoms with Crippen LogP contribution in [-0.2, 0) is 10.0 Å². The molecule has 3 rings (SSSR count). The van der Waals surface area contributed by atoms with Crippen LogP contribution in [0.1, 0.15) is 34.6 Å². The Hall–Kier alpha value is -3.11. The minimum atomic E-state index is -3.73. The second-order valence-corrected chi connectivity index (χ2v) is 8.62. The summed E-state index contributed by atoms with van der Waals surface area (Å²) in [5, 5.41) is 0. The largest absolute Gasteiger partial charge is 0.454 e. The lowest BCUT2D eigenvalue weighted by Gasteiger charge is -2.21. The number of rotatable bonds is 5. The Balaban J connectivity index is 1.69. The van der Waals surface area contributed by atoms with E-state index in [1.54, 1.807) is 19.9 Å². The Bertz CT molecular complexity index is 1050. The third-order valence-electron chi connectivity index (χ3n) is 4.42. The number of carbonyl (C=O) groups excluding carboxylic acids is 2. The number of hydrogen-bond donors (Lipinski definition) is 2. The molecule has 0 bridgehead atoms. The van der Waals surface area contributed by atoms with E-state index in [0.717, 1.165) is 0 Å². The van der Waals surface area contributed by atoms with Crippen molar-refractivity contribution in [1.82, 2.24) is 15.2 Å². The molecule has 1 aliphatic rings. The first-order chi connectivity index (χ1) is 13.7. The SMILES string of the molecule is CC(C)N(C)S(=O)(=O)c1cccc(C(=O)NNC(=O)c2ccc3c(c2)OCO3)c1. The van der Waals surface area contributed by atoms with Crippen molar-refractivity contribution in [2.24, 2.45) is 0 Å². The van der Waals surface area contributed by atoms with Gasteiger partial charge in [0.2, 0.25) is 16.8 Å². The van der Waals surface area contributed by atoms with Crippen molar-refractivity contribution in [3.63, 3.8) is 0 Å². The highest BCUT2D eigenvalue weighted by Gasteiger charge is 2.24. The van der Waals surface area contributed by atoms with Crippen molar-refractivity contribution in [2.75, 3.05) is 13.8 Å². The van der Waals surface area contributed by atoms with Gasteiger partial charge in [0, 0.05) is 24.2 Å². The molecule has 154 valence electrons. The fourth-order valence-electron chi connectivity index (χ4n) is 2.54. The first-order valence-corrected chi connectivity index (χ1v) is 10.2. The first kappa shape index (κ1) is 20.6. The highest BCUT2D eigenvalue weighted by atomic mass is 32.2. The van der Waals surface area contributed by atoms with E-state index < -0.39 is 21.8 Å². The van der Waals surface area contributed by atoms with Gasteiger partial charge in [0.05, 0.1) is 4.90 Å². The van der Waals surface area contributed by atoms with Crippen LogP contribution in [0.3, 0.4) is 0 Å². The number of nitrogens with zero attached hydrogens (tertiary/aromatic N) is 1. The predicted molar refractivity (Wildman–Crippen MR) is 104 cm³/mol. The fraction of sp³-hybridized carbons (Fsp3) is 0.263. The lowest BCUT2D eigenvalue weighted by Crippen LogP contribution is -2.41. The minimum Gasteiger partial charge on any atom is -0.454 e. The van der Waals surface area contributed by atoms with Crippen molar-refractivity contribution < 1.29 is 27.5 Å². The van der Waals surface area contributed by atoms with Crippen molar-refractivity contribution in [3.05, 3.63) is 53.6 Å². The molecule has 10 heteroatoms. The number of hydrogen-bond acceptors (Lipinski definition) is 6. The Morgan fingerprint density at radius 2 is 1.59 bits per heavy atom. The third-order valence-corrected chi connectivity index (χ3v) is 6.45. The Morgan fingerprint density at radius 1 is 0.966 bits per heavy atom. The van der Waals surface area contributed by atoms with Crippen LogP contribution < -0.4 is 20.3 Å². The van der Waals surface area contributed by atoms with Gasteiger partial charge >= 0.3 is 0 Å². The van der Waals surface area contributed by atoms with Crippen LogP contribution in [0.5, 0.6) is 11.5 Å². The number of carbonyl (C=O) groups is 2. The lowest BCUT2D eigenvalue weighted by atomic mass is 10.2. The summed E-state index contributed by atoms with van der Waals surface area (Å²) in [6.45, 7) is 3.59. The summed E-state index contributed by atoms with van der Waals surface area (Å²) >= 11 is 0. The van der Waals surface area contributed by atoms with E-state index in [-0.39, 0.29) is 28.9 Å². The molecular formula is C19H21N3O6S. The number of amides is 2. The highest BCUT2D eigenvalue weighted by Crippen LogP contribution is 2.32. The molecule has 0 atom stereocenters. The number of ether oxygens (including phenoxy) is 2. The predicted octanol–water partition coefficient (Wildman–Crippen LogP) is 1.52. The maximum atomic E-state index is 12.6. The summed E-state index contributed by atoms with van der Waals surface area (Å²) in [5.41, 5.74) is 4.93. The topological polar surface area (TPSA) is 114 Å². The zero-order valence-electron chi connectivity index (χ0n) is 16.1. The van der Waals surface area contributed by atoms with Crippen LogP contribution in [-0.4, -0.2) is 44.4 Å². The number of benzene rings is 2. The van der Waals surface area contributed by atoms with E-state index in [2.05, 4.69) is 10.9 Å². The molecule has 0 saturated heterocycles. The molecule has 0 fully saturated rings. The molecule has 9 nitrogen and oxygen atoms in total. The molecule has 0 unspecified atom stereocenters. The van der Waals surface area contributed by atoms with Crippen LogP contribution in [0.15, 0.2) is 47.4 Å². The van der Waals surface area contributed by atoms with Crippen LogP contribution in [0.25, 0.3) is 0 Å². The van der Waals surface area contributed by atoms with Gasteiger partial charge in [-0.05, 0) is 50.2 Å². The van der Waals surface area contributed by atoms with E-state index in [1.165, 1.54) is 47.8 Å².